The molecule has 1 aromatic heterocycles. The number of aryl methyl sites for hydroxylation is 1. The van der Waals surface area contributed by atoms with Crippen LogP contribution in [-0.2, 0) is 13.1 Å². The minimum atomic E-state index is 0.612. The molecule has 5 heteroatoms. The lowest BCUT2D eigenvalue weighted by Gasteiger charge is -2.16. The van der Waals surface area contributed by atoms with Crippen molar-refractivity contribution in [1.82, 2.24) is 10.3 Å². The number of ether oxygens (including phenoxy) is 3. The molecule has 0 saturated carbocycles. The number of hydrogen-bond donors (Lipinski definition) is 1. The van der Waals surface area contributed by atoms with Crippen LogP contribution in [-0.4, -0.2) is 26.3 Å². The zero-order valence-corrected chi connectivity index (χ0v) is 13.5. The molecule has 118 valence electrons. The Kier molecular flexibility index (Phi) is 5.61. The van der Waals surface area contributed by atoms with Crippen molar-refractivity contribution < 1.29 is 14.2 Å². The molecule has 2 rings (SSSR count). The quantitative estimate of drug-likeness (QED) is 0.852. The smallest absolute Gasteiger partial charge is 0.203 e. The summed E-state index contributed by atoms with van der Waals surface area (Å²) in [5, 5.41) is 3.38. The van der Waals surface area contributed by atoms with Crippen LogP contribution in [0.25, 0.3) is 0 Å². The number of benzene rings is 1. The SMILES string of the molecule is COc1ccc(CNCc2ccc(C)nc2)c(OC)c1OC. The van der Waals surface area contributed by atoms with Gasteiger partial charge in [0.25, 0.3) is 0 Å². The zero-order chi connectivity index (χ0) is 15.9. The summed E-state index contributed by atoms with van der Waals surface area (Å²) in [6.45, 7) is 3.38. The second kappa shape index (κ2) is 7.66. The summed E-state index contributed by atoms with van der Waals surface area (Å²) < 4.78 is 16.1. The molecule has 2 aromatic rings. The molecule has 0 saturated heterocycles. The summed E-state index contributed by atoms with van der Waals surface area (Å²) in [6, 6.07) is 7.93. The minimum absolute atomic E-state index is 0.612. The number of nitrogens with zero attached hydrogens (tertiary/aromatic N) is 1. The van der Waals surface area contributed by atoms with E-state index in [2.05, 4.69) is 16.4 Å². The van der Waals surface area contributed by atoms with Gasteiger partial charge in [-0.25, -0.2) is 0 Å². The van der Waals surface area contributed by atoms with E-state index in [9.17, 15) is 0 Å². The minimum Gasteiger partial charge on any atom is -0.493 e. The van der Waals surface area contributed by atoms with E-state index in [1.165, 1.54) is 0 Å². The summed E-state index contributed by atoms with van der Waals surface area (Å²) in [6.07, 6.45) is 1.88. The van der Waals surface area contributed by atoms with Crippen LogP contribution in [0.3, 0.4) is 0 Å². The number of aromatic nitrogens is 1. The fourth-order valence-corrected chi connectivity index (χ4v) is 2.25. The summed E-state index contributed by atoms with van der Waals surface area (Å²) in [5.41, 5.74) is 3.18. The molecule has 0 bridgehead atoms. The van der Waals surface area contributed by atoms with Gasteiger partial charge in [-0.05, 0) is 24.6 Å². The maximum absolute atomic E-state index is 5.47. The van der Waals surface area contributed by atoms with Crippen LogP contribution < -0.4 is 19.5 Å². The zero-order valence-electron chi connectivity index (χ0n) is 13.5. The molecule has 22 heavy (non-hydrogen) atoms. The van der Waals surface area contributed by atoms with E-state index in [1.54, 1.807) is 21.3 Å². The van der Waals surface area contributed by atoms with E-state index in [0.29, 0.717) is 23.8 Å². The Morgan fingerprint density at radius 2 is 1.68 bits per heavy atom. The fraction of sp³-hybridized carbons (Fsp3) is 0.353. The molecule has 0 unspecified atom stereocenters. The predicted molar refractivity (Wildman–Crippen MR) is 85.6 cm³/mol. The average Bonchev–Trinajstić information content (AvgIpc) is 2.55. The van der Waals surface area contributed by atoms with Crippen LogP contribution in [0.15, 0.2) is 30.5 Å². The van der Waals surface area contributed by atoms with Crippen LogP contribution in [0.2, 0.25) is 0 Å². The summed E-state index contributed by atoms with van der Waals surface area (Å²) in [5.74, 6) is 1.96. The molecule has 0 radical (unpaired) electrons. The maximum Gasteiger partial charge on any atom is 0.203 e. The number of pyridine rings is 1. The summed E-state index contributed by atoms with van der Waals surface area (Å²) in [4.78, 5) is 4.29. The highest BCUT2D eigenvalue weighted by atomic mass is 16.5. The van der Waals surface area contributed by atoms with Crippen molar-refractivity contribution in [2.75, 3.05) is 21.3 Å². The van der Waals surface area contributed by atoms with Crippen molar-refractivity contribution in [1.29, 1.82) is 0 Å². The lowest BCUT2D eigenvalue weighted by molar-refractivity contribution is 0.321. The Morgan fingerprint density at radius 3 is 2.27 bits per heavy atom. The molecule has 0 fully saturated rings. The molecule has 0 atom stereocenters. The molecule has 0 aliphatic heterocycles. The van der Waals surface area contributed by atoms with Gasteiger partial charge < -0.3 is 19.5 Å². The monoisotopic (exact) mass is 302 g/mol. The van der Waals surface area contributed by atoms with Gasteiger partial charge in [0.05, 0.1) is 21.3 Å². The van der Waals surface area contributed by atoms with Gasteiger partial charge in [0.2, 0.25) is 5.75 Å². The molecule has 0 amide bonds. The largest absolute Gasteiger partial charge is 0.493 e. The van der Waals surface area contributed by atoms with E-state index in [-0.39, 0.29) is 0 Å². The third kappa shape index (κ3) is 3.68. The molecule has 0 aliphatic rings. The standard InChI is InChI=1S/C17H22N2O3/c1-12-5-6-13(10-19-12)9-18-11-14-7-8-15(20-2)17(22-4)16(14)21-3/h5-8,10,18H,9,11H2,1-4H3. The Labute approximate surface area is 131 Å². The van der Waals surface area contributed by atoms with Crippen molar-refractivity contribution in [3.8, 4) is 17.2 Å². The first-order chi connectivity index (χ1) is 10.7. The van der Waals surface area contributed by atoms with E-state index < -0.39 is 0 Å². The molecule has 1 N–H and O–H groups in total. The number of methoxy groups -OCH3 is 3. The maximum atomic E-state index is 5.47. The van der Waals surface area contributed by atoms with E-state index in [4.69, 9.17) is 14.2 Å². The first kappa shape index (κ1) is 16.1. The molecule has 1 heterocycles. The normalized spacial score (nSPS) is 10.4. The second-order valence-electron chi connectivity index (χ2n) is 4.90. The predicted octanol–water partition coefficient (Wildman–Crippen LogP) is 2.71. The van der Waals surface area contributed by atoms with Crippen LogP contribution in [0, 0.1) is 6.92 Å². The first-order valence-corrected chi connectivity index (χ1v) is 7.09. The third-order valence-electron chi connectivity index (χ3n) is 3.40. The number of rotatable bonds is 7. The first-order valence-electron chi connectivity index (χ1n) is 7.09. The highest BCUT2D eigenvalue weighted by molar-refractivity contribution is 5.55. The van der Waals surface area contributed by atoms with Crippen LogP contribution >= 0.6 is 0 Å². The molecule has 0 spiro atoms. The molecule has 5 nitrogen and oxygen atoms in total. The molecular weight excluding hydrogens is 280 g/mol. The molecule has 1 aromatic carbocycles. The summed E-state index contributed by atoms with van der Waals surface area (Å²) in [7, 11) is 4.85. The van der Waals surface area contributed by atoms with Gasteiger partial charge in [0, 0.05) is 30.5 Å². The Hall–Kier alpha value is -2.27. The van der Waals surface area contributed by atoms with E-state index in [1.807, 2.05) is 31.3 Å². The van der Waals surface area contributed by atoms with Gasteiger partial charge in [-0.3, -0.25) is 4.98 Å². The van der Waals surface area contributed by atoms with Crippen molar-refractivity contribution in [3.63, 3.8) is 0 Å². The van der Waals surface area contributed by atoms with Gasteiger partial charge in [0.1, 0.15) is 0 Å². The van der Waals surface area contributed by atoms with Crippen LogP contribution in [0.1, 0.15) is 16.8 Å². The Bertz CT molecular complexity index is 612. The molecular formula is C17H22N2O3. The van der Waals surface area contributed by atoms with Crippen molar-refractivity contribution >= 4 is 0 Å². The number of nitrogens with one attached hydrogen (secondary N) is 1. The lowest BCUT2D eigenvalue weighted by atomic mass is 10.1. The van der Waals surface area contributed by atoms with Crippen molar-refractivity contribution in [3.05, 3.63) is 47.3 Å². The lowest BCUT2D eigenvalue weighted by Crippen LogP contribution is -2.14. The van der Waals surface area contributed by atoms with E-state index in [0.717, 1.165) is 23.4 Å². The van der Waals surface area contributed by atoms with Gasteiger partial charge in [-0.15, -0.1) is 0 Å². The van der Waals surface area contributed by atoms with Crippen molar-refractivity contribution in [2.24, 2.45) is 0 Å². The average molecular weight is 302 g/mol. The van der Waals surface area contributed by atoms with Gasteiger partial charge in [0.15, 0.2) is 11.5 Å². The van der Waals surface area contributed by atoms with Gasteiger partial charge in [-0.1, -0.05) is 12.1 Å². The Balaban J connectivity index is 2.07. The highest BCUT2D eigenvalue weighted by Gasteiger charge is 2.15. The number of hydrogen-bond acceptors (Lipinski definition) is 5. The Morgan fingerprint density at radius 1 is 0.909 bits per heavy atom. The van der Waals surface area contributed by atoms with E-state index >= 15 is 0 Å². The van der Waals surface area contributed by atoms with Crippen LogP contribution in [0.5, 0.6) is 17.2 Å². The second-order valence-corrected chi connectivity index (χ2v) is 4.90. The summed E-state index contributed by atoms with van der Waals surface area (Å²) >= 11 is 0. The van der Waals surface area contributed by atoms with Crippen LogP contribution in [0.4, 0.5) is 0 Å². The fourth-order valence-electron chi connectivity index (χ4n) is 2.25. The third-order valence-corrected chi connectivity index (χ3v) is 3.40. The highest BCUT2D eigenvalue weighted by Crippen LogP contribution is 2.39. The van der Waals surface area contributed by atoms with Gasteiger partial charge >= 0.3 is 0 Å². The topological polar surface area (TPSA) is 52.6 Å². The van der Waals surface area contributed by atoms with Gasteiger partial charge in [-0.2, -0.15) is 0 Å². The molecule has 0 aliphatic carbocycles. The van der Waals surface area contributed by atoms with Crippen molar-refractivity contribution in [2.45, 2.75) is 20.0 Å².